The van der Waals surface area contributed by atoms with E-state index in [-0.39, 0.29) is 58.2 Å². The summed E-state index contributed by atoms with van der Waals surface area (Å²) in [5, 5.41) is 0. The van der Waals surface area contributed by atoms with Gasteiger partial charge in [-0.1, -0.05) is 13.1 Å². The Morgan fingerprint density at radius 2 is 2.42 bits per heavy atom. The predicted molar refractivity (Wildman–Crippen MR) is 43.4 cm³/mol. The fraction of sp³-hybridized carbons (Fsp3) is 0.222. The molecule has 3 heteroatoms. The number of nitrogens with zero attached hydrogens (tertiary/aromatic N) is 2. The van der Waals surface area contributed by atoms with Crippen LogP contribution in [0.1, 0.15) is 12.6 Å². The summed E-state index contributed by atoms with van der Waals surface area (Å²) in [7, 11) is 0. The van der Waals surface area contributed by atoms with E-state index in [0.29, 0.717) is 0 Å². The average Bonchev–Trinajstić information content (AvgIpc) is 2.47. The monoisotopic (exact) mass is 230 g/mol. The number of hydrogen-bond acceptors (Lipinski definition) is 1. The summed E-state index contributed by atoms with van der Waals surface area (Å²) >= 11 is 0. The van der Waals surface area contributed by atoms with E-state index in [1.807, 2.05) is 24.5 Å². The molecule has 0 unspecified atom stereocenters. The van der Waals surface area contributed by atoms with Gasteiger partial charge in [-0.3, -0.25) is 0 Å². The first-order valence-electron chi connectivity index (χ1n) is 3.74. The molecule has 56 valence electrons. The molecule has 0 saturated carbocycles. The van der Waals surface area contributed by atoms with Crippen molar-refractivity contribution in [3.05, 3.63) is 36.3 Å². The molecule has 0 aliphatic rings. The van der Waals surface area contributed by atoms with Crippen LogP contribution in [0.25, 0.3) is 5.65 Å². The van der Waals surface area contributed by atoms with Crippen molar-refractivity contribution >= 4 is 5.65 Å². The van der Waals surface area contributed by atoms with Crippen LogP contribution in [0.2, 0.25) is 0 Å². The van der Waals surface area contributed by atoms with Crippen molar-refractivity contribution in [3.63, 3.8) is 0 Å². The normalized spacial score (nSPS) is 9.75. The van der Waals surface area contributed by atoms with Crippen molar-refractivity contribution in [2.75, 3.05) is 0 Å². The van der Waals surface area contributed by atoms with Gasteiger partial charge in [0.2, 0.25) is 0 Å². The third-order valence-electron chi connectivity index (χ3n) is 1.80. The molecule has 0 aliphatic heterocycles. The average molecular weight is 231 g/mol. The zero-order valence-electron chi connectivity index (χ0n) is 7.41. The van der Waals surface area contributed by atoms with Gasteiger partial charge in [0.1, 0.15) is 0 Å². The smallest absolute Gasteiger partial charge is 0.412 e. The molecule has 2 rings (SSSR count). The minimum absolute atomic E-state index is 0. The molecular weight excluding hydrogens is 222 g/mol. The number of aryl methyl sites for hydroxylation is 1. The standard InChI is InChI=1S/C9H9N2.Rb/c1-2-8-7-10-9-5-3-4-6-11(8)9;/h4-7H,2H2,1H3;/q-1;+1. The molecule has 0 N–H and O–H groups in total. The van der Waals surface area contributed by atoms with Gasteiger partial charge < -0.3 is 9.38 Å². The minimum atomic E-state index is 0. The zero-order chi connectivity index (χ0) is 7.68. The molecular formula is C9H9N2Rb. The molecule has 0 radical (unpaired) electrons. The van der Waals surface area contributed by atoms with Crippen LogP contribution in [-0.4, -0.2) is 9.38 Å². The van der Waals surface area contributed by atoms with E-state index in [2.05, 4.69) is 22.4 Å². The largest absolute Gasteiger partial charge is 1.00 e. The molecule has 2 heterocycles. The number of pyridine rings is 1. The van der Waals surface area contributed by atoms with E-state index in [9.17, 15) is 0 Å². The summed E-state index contributed by atoms with van der Waals surface area (Å²) in [6.07, 6.45) is 4.91. The topological polar surface area (TPSA) is 17.3 Å². The summed E-state index contributed by atoms with van der Waals surface area (Å²) in [5.41, 5.74) is 2.22. The molecule has 0 amide bonds. The van der Waals surface area contributed by atoms with Crippen molar-refractivity contribution in [3.8, 4) is 0 Å². The predicted octanol–water partition coefficient (Wildman–Crippen LogP) is -1.30. The molecule has 2 nitrogen and oxygen atoms in total. The van der Waals surface area contributed by atoms with Crippen LogP contribution >= 0.6 is 0 Å². The van der Waals surface area contributed by atoms with Crippen LogP contribution in [-0.2, 0) is 6.42 Å². The van der Waals surface area contributed by atoms with Gasteiger partial charge in [-0.15, -0.1) is 6.07 Å². The third-order valence-corrected chi connectivity index (χ3v) is 1.80. The molecule has 0 bridgehead atoms. The van der Waals surface area contributed by atoms with E-state index in [1.165, 1.54) is 5.69 Å². The molecule has 0 fully saturated rings. The molecule has 12 heavy (non-hydrogen) atoms. The van der Waals surface area contributed by atoms with Crippen molar-refractivity contribution in [2.24, 2.45) is 0 Å². The Kier molecular flexibility index (Phi) is 4.10. The first-order chi connectivity index (χ1) is 5.42. The summed E-state index contributed by atoms with van der Waals surface area (Å²) < 4.78 is 2.08. The molecule has 0 saturated heterocycles. The molecule has 2 aromatic rings. The fourth-order valence-corrected chi connectivity index (χ4v) is 1.19. The van der Waals surface area contributed by atoms with Crippen LogP contribution in [0.5, 0.6) is 0 Å². The van der Waals surface area contributed by atoms with Gasteiger partial charge in [-0.2, -0.15) is 12.1 Å². The van der Waals surface area contributed by atoms with Crippen molar-refractivity contribution in [1.29, 1.82) is 0 Å². The van der Waals surface area contributed by atoms with Crippen LogP contribution in [0.3, 0.4) is 0 Å². The Bertz CT molecular complexity index is 367. The summed E-state index contributed by atoms with van der Waals surface area (Å²) in [4.78, 5) is 4.22. The van der Waals surface area contributed by atoms with Gasteiger partial charge in [0.15, 0.2) is 0 Å². The summed E-state index contributed by atoms with van der Waals surface area (Å²) in [6.45, 7) is 2.13. The van der Waals surface area contributed by atoms with E-state index < -0.39 is 0 Å². The number of hydrogen-bond donors (Lipinski definition) is 0. The van der Waals surface area contributed by atoms with Crippen LogP contribution in [0.15, 0.2) is 24.5 Å². The quantitative estimate of drug-likeness (QED) is 0.557. The Hall–Kier alpha value is 0.495. The number of rotatable bonds is 1. The number of fused-ring (bicyclic) bond motifs is 1. The van der Waals surface area contributed by atoms with E-state index in [4.69, 9.17) is 0 Å². The van der Waals surface area contributed by atoms with Gasteiger partial charge >= 0.3 is 58.2 Å². The van der Waals surface area contributed by atoms with Crippen LogP contribution < -0.4 is 58.2 Å². The van der Waals surface area contributed by atoms with E-state index >= 15 is 0 Å². The molecule has 0 spiro atoms. The van der Waals surface area contributed by atoms with Crippen molar-refractivity contribution in [1.82, 2.24) is 9.38 Å². The molecule has 2 aromatic heterocycles. The maximum absolute atomic E-state index is 4.22. The van der Waals surface area contributed by atoms with Gasteiger partial charge in [-0.25, -0.2) is 0 Å². The Morgan fingerprint density at radius 3 is 3.17 bits per heavy atom. The van der Waals surface area contributed by atoms with Crippen molar-refractivity contribution < 1.29 is 58.2 Å². The second kappa shape index (κ2) is 4.65. The van der Waals surface area contributed by atoms with Gasteiger partial charge in [-0.05, 0) is 6.42 Å². The molecule has 0 aromatic carbocycles. The maximum atomic E-state index is 4.22. The number of aromatic nitrogens is 2. The van der Waals surface area contributed by atoms with E-state index in [1.54, 1.807) is 0 Å². The summed E-state index contributed by atoms with van der Waals surface area (Å²) in [5.74, 6) is 0. The van der Waals surface area contributed by atoms with Crippen LogP contribution in [0.4, 0.5) is 0 Å². The first-order valence-corrected chi connectivity index (χ1v) is 3.74. The number of imidazole rings is 1. The Morgan fingerprint density at radius 1 is 1.58 bits per heavy atom. The van der Waals surface area contributed by atoms with E-state index in [0.717, 1.165) is 12.1 Å². The summed E-state index contributed by atoms with van der Waals surface area (Å²) in [6, 6.07) is 6.77. The van der Waals surface area contributed by atoms with Crippen LogP contribution in [0, 0.1) is 6.07 Å². The van der Waals surface area contributed by atoms with Gasteiger partial charge in [0.05, 0.1) is 0 Å². The zero-order valence-corrected chi connectivity index (χ0v) is 12.3. The Labute approximate surface area is 121 Å². The third kappa shape index (κ3) is 1.87. The minimum Gasteiger partial charge on any atom is -0.412 e. The first kappa shape index (κ1) is 10.6. The molecule has 0 aliphatic carbocycles. The second-order valence-corrected chi connectivity index (χ2v) is 2.46. The van der Waals surface area contributed by atoms with Gasteiger partial charge in [0, 0.05) is 17.5 Å². The molecule has 0 atom stereocenters. The second-order valence-electron chi connectivity index (χ2n) is 2.46. The fourth-order valence-electron chi connectivity index (χ4n) is 1.19. The Balaban J connectivity index is 0.000000720. The SMILES string of the molecule is CCc1cnc2c[c-]ccn12.[Rb+]. The maximum Gasteiger partial charge on any atom is 1.00 e. The van der Waals surface area contributed by atoms with Crippen molar-refractivity contribution in [2.45, 2.75) is 13.3 Å². The van der Waals surface area contributed by atoms with Gasteiger partial charge in [0.25, 0.3) is 0 Å².